The van der Waals surface area contributed by atoms with E-state index in [2.05, 4.69) is 11.9 Å². The maximum absolute atomic E-state index is 12.9. The van der Waals surface area contributed by atoms with Gasteiger partial charge in [-0.2, -0.15) is 4.31 Å². The van der Waals surface area contributed by atoms with Crippen LogP contribution in [-0.4, -0.2) is 45.4 Å². The lowest BCUT2D eigenvalue weighted by atomic mass is 9.82. The molecule has 1 fully saturated rings. The number of hydrogen-bond donors (Lipinski definition) is 1. The first-order valence-corrected chi connectivity index (χ1v) is 10.4. The highest BCUT2D eigenvalue weighted by Crippen LogP contribution is 2.32. The normalized spacial score (nSPS) is 21.2. The highest BCUT2D eigenvalue weighted by atomic mass is 32.2. The van der Waals surface area contributed by atoms with Crippen LogP contribution in [0.5, 0.6) is 5.75 Å². The molecule has 6 nitrogen and oxygen atoms in total. The number of nitrogens with zero attached hydrogens (tertiary/aromatic N) is 1. The first-order chi connectivity index (χ1) is 12.4. The molecule has 1 saturated heterocycles. The van der Waals surface area contributed by atoms with E-state index < -0.39 is 10.0 Å². The van der Waals surface area contributed by atoms with Gasteiger partial charge in [0.05, 0.1) is 12.0 Å². The minimum absolute atomic E-state index is 0.000174. The molecule has 0 radical (unpaired) electrons. The lowest BCUT2D eigenvalue weighted by Gasteiger charge is -2.37. The third-order valence-electron chi connectivity index (χ3n) is 4.97. The summed E-state index contributed by atoms with van der Waals surface area (Å²) in [5.74, 6) is 0.998. The fraction of sp³-hybridized carbons (Fsp3) is 0.526. The van der Waals surface area contributed by atoms with E-state index in [4.69, 9.17) is 4.74 Å². The number of benzene rings is 1. The molecule has 0 bridgehead atoms. The molecule has 0 aromatic heterocycles. The van der Waals surface area contributed by atoms with Gasteiger partial charge in [-0.05, 0) is 42.5 Å². The van der Waals surface area contributed by atoms with Crippen LogP contribution in [0.2, 0.25) is 0 Å². The van der Waals surface area contributed by atoms with Gasteiger partial charge in [-0.1, -0.05) is 19.4 Å². The number of carbonyl (C=O) groups is 1. The Morgan fingerprint density at radius 3 is 2.62 bits per heavy atom. The minimum atomic E-state index is -3.53. The van der Waals surface area contributed by atoms with Gasteiger partial charge in [-0.25, -0.2) is 8.42 Å². The molecule has 1 N–H and O–H groups in total. The van der Waals surface area contributed by atoms with Crippen LogP contribution in [0.1, 0.15) is 26.2 Å². The summed E-state index contributed by atoms with van der Waals surface area (Å²) in [6.45, 7) is 6.98. The molecule has 1 amide bonds. The van der Waals surface area contributed by atoms with E-state index in [-0.39, 0.29) is 22.6 Å². The van der Waals surface area contributed by atoms with Crippen molar-refractivity contribution < 1.29 is 17.9 Å². The minimum Gasteiger partial charge on any atom is -0.497 e. The number of rotatable bonds is 8. The molecule has 1 aromatic carbocycles. The average molecular weight is 381 g/mol. The molecular weight excluding hydrogens is 352 g/mol. The van der Waals surface area contributed by atoms with Crippen LogP contribution in [0.15, 0.2) is 41.8 Å². The second-order valence-electron chi connectivity index (χ2n) is 6.55. The Kier molecular flexibility index (Phi) is 7.23. The molecule has 1 aliphatic heterocycles. The predicted molar refractivity (Wildman–Crippen MR) is 101 cm³/mol. The number of ether oxygens (including phenoxy) is 1. The van der Waals surface area contributed by atoms with Crippen molar-refractivity contribution in [3.05, 3.63) is 36.9 Å². The summed E-state index contributed by atoms with van der Waals surface area (Å²) in [6, 6.07) is 6.45. The average Bonchev–Trinajstić information content (AvgIpc) is 2.66. The van der Waals surface area contributed by atoms with E-state index in [0.717, 1.165) is 6.42 Å². The lowest BCUT2D eigenvalue weighted by molar-refractivity contribution is -0.122. The Hall–Kier alpha value is -1.86. The number of nitrogens with one attached hydrogen (secondary N) is 1. The van der Waals surface area contributed by atoms with Crippen LogP contribution in [0.25, 0.3) is 0 Å². The lowest BCUT2D eigenvalue weighted by Crippen LogP contribution is -2.44. The van der Waals surface area contributed by atoms with Crippen LogP contribution in [0.3, 0.4) is 0 Å². The van der Waals surface area contributed by atoms with Crippen molar-refractivity contribution >= 4 is 15.9 Å². The van der Waals surface area contributed by atoms with E-state index in [1.54, 1.807) is 41.8 Å². The molecule has 0 spiro atoms. The molecule has 0 saturated carbocycles. The topological polar surface area (TPSA) is 75.7 Å². The SMILES string of the molecule is C=CCNC(=O)C[C@@H]1CCN(S(=O)(=O)c2ccc(OC)cc2)C[C@@H]1CC. The molecule has 144 valence electrons. The van der Waals surface area contributed by atoms with Crippen LogP contribution >= 0.6 is 0 Å². The maximum atomic E-state index is 12.9. The van der Waals surface area contributed by atoms with Gasteiger partial charge in [0, 0.05) is 26.1 Å². The van der Waals surface area contributed by atoms with Crippen molar-refractivity contribution in [1.29, 1.82) is 0 Å². The molecular formula is C19H28N2O4S. The zero-order valence-electron chi connectivity index (χ0n) is 15.5. The van der Waals surface area contributed by atoms with E-state index in [0.29, 0.717) is 38.2 Å². The first kappa shape index (κ1) is 20.5. The first-order valence-electron chi connectivity index (χ1n) is 8.94. The second kappa shape index (κ2) is 9.19. The molecule has 1 aromatic rings. The zero-order valence-corrected chi connectivity index (χ0v) is 16.3. The molecule has 7 heteroatoms. The third-order valence-corrected chi connectivity index (χ3v) is 6.85. The monoisotopic (exact) mass is 380 g/mol. The van der Waals surface area contributed by atoms with Crippen LogP contribution in [-0.2, 0) is 14.8 Å². The van der Waals surface area contributed by atoms with Crippen LogP contribution in [0.4, 0.5) is 0 Å². The molecule has 1 heterocycles. The summed E-state index contributed by atoms with van der Waals surface area (Å²) in [4.78, 5) is 12.3. The van der Waals surface area contributed by atoms with E-state index in [1.165, 1.54) is 0 Å². The zero-order chi connectivity index (χ0) is 19.2. The number of methoxy groups -OCH3 is 1. The van der Waals surface area contributed by atoms with Gasteiger partial charge in [-0.15, -0.1) is 6.58 Å². The Labute approximate surface area is 156 Å². The number of carbonyl (C=O) groups excluding carboxylic acids is 1. The highest BCUT2D eigenvalue weighted by molar-refractivity contribution is 7.89. The molecule has 1 aliphatic rings. The summed E-state index contributed by atoms with van der Waals surface area (Å²) >= 11 is 0. The van der Waals surface area contributed by atoms with E-state index >= 15 is 0 Å². The highest BCUT2D eigenvalue weighted by Gasteiger charge is 2.35. The fourth-order valence-electron chi connectivity index (χ4n) is 3.39. The number of sulfonamides is 1. The van der Waals surface area contributed by atoms with Gasteiger partial charge >= 0.3 is 0 Å². The molecule has 0 unspecified atom stereocenters. The summed E-state index contributed by atoms with van der Waals surface area (Å²) in [6.07, 6.45) is 3.62. The smallest absolute Gasteiger partial charge is 0.243 e. The Morgan fingerprint density at radius 2 is 2.04 bits per heavy atom. The van der Waals surface area contributed by atoms with Gasteiger partial charge in [0.2, 0.25) is 15.9 Å². The van der Waals surface area contributed by atoms with E-state index in [1.807, 2.05) is 6.92 Å². The van der Waals surface area contributed by atoms with Crippen molar-refractivity contribution in [1.82, 2.24) is 9.62 Å². The Morgan fingerprint density at radius 1 is 1.35 bits per heavy atom. The predicted octanol–water partition coefficient (Wildman–Crippen LogP) is 2.42. The van der Waals surface area contributed by atoms with Crippen molar-refractivity contribution in [2.24, 2.45) is 11.8 Å². The maximum Gasteiger partial charge on any atom is 0.243 e. The van der Waals surface area contributed by atoms with Crippen molar-refractivity contribution in [2.75, 3.05) is 26.7 Å². The molecule has 2 rings (SSSR count). The summed E-state index contributed by atoms with van der Waals surface area (Å²) in [5.41, 5.74) is 0. The summed E-state index contributed by atoms with van der Waals surface area (Å²) < 4.78 is 32.5. The van der Waals surface area contributed by atoms with Crippen molar-refractivity contribution in [2.45, 2.75) is 31.1 Å². The quantitative estimate of drug-likeness (QED) is 0.703. The van der Waals surface area contributed by atoms with Crippen molar-refractivity contribution in [3.8, 4) is 5.75 Å². The molecule has 26 heavy (non-hydrogen) atoms. The summed E-state index contributed by atoms with van der Waals surface area (Å²) in [7, 11) is -1.99. The van der Waals surface area contributed by atoms with Crippen molar-refractivity contribution in [3.63, 3.8) is 0 Å². The van der Waals surface area contributed by atoms with Gasteiger partial charge in [0.15, 0.2) is 0 Å². The number of amides is 1. The Balaban J connectivity index is 2.06. The number of hydrogen-bond acceptors (Lipinski definition) is 4. The summed E-state index contributed by atoms with van der Waals surface area (Å²) in [5, 5.41) is 2.80. The van der Waals surface area contributed by atoms with E-state index in [9.17, 15) is 13.2 Å². The van der Waals surface area contributed by atoms with Gasteiger partial charge in [-0.3, -0.25) is 4.79 Å². The second-order valence-corrected chi connectivity index (χ2v) is 8.49. The van der Waals surface area contributed by atoms with Gasteiger partial charge in [0.25, 0.3) is 0 Å². The molecule has 0 aliphatic carbocycles. The Bertz CT molecular complexity index is 716. The fourth-order valence-corrected chi connectivity index (χ4v) is 4.90. The molecule has 2 atom stereocenters. The van der Waals surface area contributed by atoms with Gasteiger partial charge in [0.1, 0.15) is 5.75 Å². The largest absolute Gasteiger partial charge is 0.497 e. The third kappa shape index (κ3) is 4.86. The van der Waals surface area contributed by atoms with Gasteiger partial charge < -0.3 is 10.1 Å². The van der Waals surface area contributed by atoms with Crippen LogP contribution in [0, 0.1) is 11.8 Å². The standard InChI is InChI=1S/C19H28N2O4S/c1-4-11-20-19(22)13-16-10-12-21(14-15(16)5-2)26(23,24)18-8-6-17(25-3)7-9-18/h4,6-9,15-16H,1,5,10-14H2,2-3H3,(H,20,22)/t15-,16-/m0/s1. The van der Waals surface area contributed by atoms with Crippen LogP contribution < -0.4 is 10.1 Å². The number of piperidine rings is 1.